The van der Waals surface area contributed by atoms with E-state index in [1.807, 2.05) is 0 Å². The molecule has 1 heterocycles. The Morgan fingerprint density at radius 3 is 2.88 bits per heavy atom. The van der Waals surface area contributed by atoms with Crippen molar-refractivity contribution < 1.29 is 9.50 Å². The van der Waals surface area contributed by atoms with Gasteiger partial charge in [-0.25, -0.2) is 4.39 Å². The monoisotopic (exact) mass is 236 g/mol. The molecular formula is C13H17FN2O. The molecule has 0 spiro atoms. The standard InChI is InChI=1S/C13H17FN2O/c14-9-2-3-11(15)12(5-9)16-6-8-1-4-13(17)10(8)7-16/h2-3,5,8,10,13,17H,1,4,6-7,15H2. The molecule has 1 aliphatic carbocycles. The van der Waals surface area contributed by atoms with Gasteiger partial charge in [0, 0.05) is 19.0 Å². The molecule has 92 valence electrons. The van der Waals surface area contributed by atoms with Gasteiger partial charge in [-0.05, 0) is 37.0 Å². The third-order valence-electron chi connectivity index (χ3n) is 4.15. The van der Waals surface area contributed by atoms with E-state index in [1.165, 1.54) is 12.1 Å². The van der Waals surface area contributed by atoms with Gasteiger partial charge in [-0.15, -0.1) is 0 Å². The van der Waals surface area contributed by atoms with Crippen LogP contribution in [0.1, 0.15) is 12.8 Å². The van der Waals surface area contributed by atoms with Gasteiger partial charge >= 0.3 is 0 Å². The second kappa shape index (κ2) is 3.88. The fraction of sp³-hybridized carbons (Fsp3) is 0.538. The normalized spacial score (nSPS) is 31.9. The number of nitrogens with zero attached hydrogens (tertiary/aromatic N) is 1. The third-order valence-corrected chi connectivity index (χ3v) is 4.15. The molecule has 3 atom stereocenters. The smallest absolute Gasteiger partial charge is 0.125 e. The topological polar surface area (TPSA) is 49.5 Å². The van der Waals surface area contributed by atoms with Crippen LogP contribution < -0.4 is 10.6 Å². The molecular weight excluding hydrogens is 219 g/mol. The number of aliphatic hydroxyl groups excluding tert-OH is 1. The van der Waals surface area contributed by atoms with Crippen molar-refractivity contribution in [3.05, 3.63) is 24.0 Å². The first kappa shape index (κ1) is 10.8. The van der Waals surface area contributed by atoms with E-state index in [1.54, 1.807) is 6.07 Å². The summed E-state index contributed by atoms with van der Waals surface area (Å²) in [5, 5.41) is 9.86. The number of halogens is 1. The molecule has 0 bridgehead atoms. The van der Waals surface area contributed by atoms with Gasteiger partial charge in [0.05, 0.1) is 17.5 Å². The summed E-state index contributed by atoms with van der Waals surface area (Å²) >= 11 is 0. The number of hydrogen-bond acceptors (Lipinski definition) is 3. The number of anilines is 2. The minimum absolute atomic E-state index is 0.195. The van der Waals surface area contributed by atoms with Gasteiger partial charge in [0.25, 0.3) is 0 Å². The average Bonchev–Trinajstić information content (AvgIpc) is 2.85. The van der Waals surface area contributed by atoms with Crippen molar-refractivity contribution in [2.24, 2.45) is 11.8 Å². The van der Waals surface area contributed by atoms with Gasteiger partial charge in [0.15, 0.2) is 0 Å². The summed E-state index contributed by atoms with van der Waals surface area (Å²) in [5.74, 6) is 0.608. The van der Waals surface area contributed by atoms with Crippen molar-refractivity contribution in [2.75, 3.05) is 23.7 Å². The van der Waals surface area contributed by atoms with E-state index >= 15 is 0 Å². The summed E-state index contributed by atoms with van der Waals surface area (Å²) in [6.45, 7) is 1.68. The molecule has 3 nitrogen and oxygen atoms in total. The van der Waals surface area contributed by atoms with Crippen molar-refractivity contribution in [1.29, 1.82) is 0 Å². The summed E-state index contributed by atoms with van der Waals surface area (Å²) in [6, 6.07) is 4.47. The highest BCUT2D eigenvalue weighted by atomic mass is 19.1. The number of nitrogens with two attached hydrogens (primary N) is 1. The minimum Gasteiger partial charge on any atom is -0.397 e. The van der Waals surface area contributed by atoms with E-state index in [0.717, 1.165) is 31.6 Å². The molecule has 4 heteroatoms. The fourth-order valence-corrected chi connectivity index (χ4v) is 3.22. The summed E-state index contributed by atoms with van der Waals surface area (Å²) in [7, 11) is 0. The van der Waals surface area contributed by atoms with Crippen LogP contribution in [-0.4, -0.2) is 24.3 Å². The first-order valence-electron chi connectivity index (χ1n) is 6.13. The summed E-state index contributed by atoms with van der Waals surface area (Å²) < 4.78 is 13.2. The third kappa shape index (κ3) is 1.76. The lowest BCUT2D eigenvalue weighted by atomic mass is 10.00. The maximum atomic E-state index is 13.2. The van der Waals surface area contributed by atoms with Crippen LogP contribution in [0.4, 0.5) is 15.8 Å². The minimum atomic E-state index is -0.258. The number of hydrogen-bond donors (Lipinski definition) is 2. The predicted molar refractivity (Wildman–Crippen MR) is 65.2 cm³/mol. The maximum Gasteiger partial charge on any atom is 0.125 e. The van der Waals surface area contributed by atoms with Crippen LogP contribution in [0, 0.1) is 17.7 Å². The zero-order chi connectivity index (χ0) is 12.0. The molecule has 3 N–H and O–H groups in total. The quantitative estimate of drug-likeness (QED) is 0.728. The molecule has 1 aliphatic heterocycles. The Bertz CT molecular complexity index is 437. The van der Waals surface area contributed by atoms with Crippen LogP contribution in [0.5, 0.6) is 0 Å². The van der Waals surface area contributed by atoms with Gasteiger partial charge in [-0.1, -0.05) is 0 Å². The number of fused-ring (bicyclic) bond motifs is 1. The molecule has 1 saturated carbocycles. The number of nitrogen functional groups attached to an aromatic ring is 1. The lowest BCUT2D eigenvalue weighted by Gasteiger charge is -2.22. The molecule has 0 aromatic heterocycles. The number of rotatable bonds is 1. The SMILES string of the molecule is Nc1ccc(F)cc1N1CC2CCC(O)C2C1. The number of aliphatic hydroxyl groups is 1. The van der Waals surface area contributed by atoms with E-state index in [2.05, 4.69) is 4.90 Å². The predicted octanol–water partition coefficient (Wildman–Crippen LogP) is 1.61. The summed E-state index contributed by atoms with van der Waals surface area (Å²) in [4.78, 5) is 2.11. The van der Waals surface area contributed by atoms with Crippen LogP contribution in [0.2, 0.25) is 0 Å². The van der Waals surface area contributed by atoms with Crippen LogP contribution in [0.3, 0.4) is 0 Å². The van der Waals surface area contributed by atoms with Gasteiger partial charge < -0.3 is 15.7 Å². The molecule has 1 aromatic carbocycles. The first-order chi connectivity index (χ1) is 8.15. The van der Waals surface area contributed by atoms with E-state index in [0.29, 0.717) is 17.5 Å². The van der Waals surface area contributed by atoms with Gasteiger partial charge in [-0.3, -0.25) is 0 Å². The summed E-state index contributed by atoms with van der Waals surface area (Å²) in [6.07, 6.45) is 1.78. The van der Waals surface area contributed by atoms with Crippen molar-refractivity contribution >= 4 is 11.4 Å². The maximum absolute atomic E-state index is 13.2. The lowest BCUT2D eigenvalue weighted by Crippen LogP contribution is -2.25. The van der Waals surface area contributed by atoms with E-state index in [9.17, 15) is 9.50 Å². The largest absolute Gasteiger partial charge is 0.397 e. The van der Waals surface area contributed by atoms with Crippen molar-refractivity contribution in [2.45, 2.75) is 18.9 Å². The highest BCUT2D eigenvalue weighted by Gasteiger charge is 2.42. The van der Waals surface area contributed by atoms with Gasteiger partial charge in [0.2, 0.25) is 0 Å². The highest BCUT2D eigenvalue weighted by Crippen LogP contribution is 2.41. The molecule has 0 amide bonds. The Kier molecular flexibility index (Phi) is 2.47. The van der Waals surface area contributed by atoms with Gasteiger partial charge in [-0.2, -0.15) is 0 Å². The zero-order valence-electron chi connectivity index (χ0n) is 9.64. The van der Waals surface area contributed by atoms with Crippen LogP contribution in [0.25, 0.3) is 0 Å². The molecule has 17 heavy (non-hydrogen) atoms. The Labute approximate surface area is 100 Å². The summed E-state index contributed by atoms with van der Waals surface area (Å²) in [5.41, 5.74) is 7.27. The Balaban J connectivity index is 1.85. The second-order valence-corrected chi connectivity index (χ2v) is 5.18. The fourth-order valence-electron chi connectivity index (χ4n) is 3.22. The van der Waals surface area contributed by atoms with Gasteiger partial charge in [0.1, 0.15) is 5.82 Å². The molecule has 0 radical (unpaired) electrons. The second-order valence-electron chi connectivity index (χ2n) is 5.18. The first-order valence-corrected chi connectivity index (χ1v) is 6.13. The van der Waals surface area contributed by atoms with E-state index in [-0.39, 0.29) is 11.9 Å². The molecule has 1 saturated heterocycles. The molecule has 2 fully saturated rings. The van der Waals surface area contributed by atoms with Crippen molar-refractivity contribution in [1.82, 2.24) is 0 Å². The lowest BCUT2D eigenvalue weighted by molar-refractivity contribution is 0.133. The highest BCUT2D eigenvalue weighted by molar-refractivity contribution is 5.68. The van der Waals surface area contributed by atoms with Crippen LogP contribution in [-0.2, 0) is 0 Å². The number of benzene rings is 1. The van der Waals surface area contributed by atoms with Crippen molar-refractivity contribution in [3.8, 4) is 0 Å². The molecule has 3 unspecified atom stereocenters. The van der Waals surface area contributed by atoms with Crippen LogP contribution >= 0.6 is 0 Å². The molecule has 1 aromatic rings. The van der Waals surface area contributed by atoms with E-state index in [4.69, 9.17) is 5.73 Å². The Morgan fingerprint density at radius 1 is 1.29 bits per heavy atom. The molecule has 2 aliphatic rings. The Hall–Kier alpha value is -1.29. The van der Waals surface area contributed by atoms with E-state index < -0.39 is 0 Å². The Morgan fingerprint density at radius 2 is 2.12 bits per heavy atom. The van der Waals surface area contributed by atoms with Crippen molar-refractivity contribution in [3.63, 3.8) is 0 Å². The zero-order valence-corrected chi connectivity index (χ0v) is 9.64. The average molecular weight is 236 g/mol. The van der Waals surface area contributed by atoms with Crippen LogP contribution in [0.15, 0.2) is 18.2 Å². The molecule has 3 rings (SSSR count).